The van der Waals surface area contributed by atoms with Crippen LogP contribution in [0.5, 0.6) is 5.75 Å². The highest BCUT2D eigenvalue weighted by Gasteiger charge is 2.39. The maximum absolute atomic E-state index is 14.6. The molecular formula is C18H17F4OP. The molecule has 1 saturated carbocycles. The van der Waals surface area contributed by atoms with E-state index in [2.05, 4.69) is 0 Å². The van der Waals surface area contributed by atoms with Crippen LogP contribution >= 0.6 is 7.92 Å². The van der Waals surface area contributed by atoms with Crippen LogP contribution in [0.1, 0.15) is 19.3 Å². The fourth-order valence-corrected chi connectivity index (χ4v) is 6.10. The van der Waals surface area contributed by atoms with E-state index in [1.54, 1.807) is 18.2 Å². The Morgan fingerprint density at radius 1 is 0.958 bits per heavy atom. The molecule has 0 saturated heterocycles. The van der Waals surface area contributed by atoms with Crippen molar-refractivity contribution in [1.29, 1.82) is 0 Å². The van der Waals surface area contributed by atoms with Crippen molar-refractivity contribution >= 4 is 18.5 Å². The van der Waals surface area contributed by atoms with Crippen LogP contribution in [0.15, 0.2) is 42.5 Å². The van der Waals surface area contributed by atoms with Gasteiger partial charge in [0.25, 0.3) is 0 Å². The molecule has 0 spiro atoms. The molecule has 1 fully saturated rings. The SMILES string of the molecule is Oc1ccccc1P(c1ccc(F)cc1F)[C@H]1CC[C@@H](F)C[C@H]1F. The summed E-state index contributed by atoms with van der Waals surface area (Å²) in [6.45, 7) is 0. The Hall–Kier alpha value is -1.61. The van der Waals surface area contributed by atoms with Crippen LogP contribution < -0.4 is 10.6 Å². The number of hydrogen-bond acceptors (Lipinski definition) is 1. The van der Waals surface area contributed by atoms with Gasteiger partial charge >= 0.3 is 0 Å². The Bertz CT molecular complexity index is 724. The number of phenolic OH excluding ortho intramolecular Hbond substituents is 1. The molecule has 2 aromatic rings. The van der Waals surface area contributed by atoms with E-state index in [9.17, 15) is 22.7 Å². The highest BCUT2D eigenvalue weighted by atomic mass is 31.1. The largest absolute Gasteiger partial charge is 0.507 e. The summed E-state index contributed by atoms with van der Waals surface area (Å²) in [6, 6.07) is 9.58. The molecule has 0 aliphatic heterocycles. The second-order valence-electron chi connectivity index (χ2n) is 5.95. The van der Waals surface area contributed by atoms with Gasteiger partial charge in [0.15, 0.2) is 0 Å². The van der Waals surface area contributed by atoms with Crippen LogP contribution in [0.4, 0.5) is 17.6 Å². The Labute approximate surface area is 139 Å². The van der Waals surface area contributed by atoms with Gasteiger partial charge in [0.1, 0.15) is 29.7 Å². The van der Waals surface area contributed by atoms with Crippen LogP contribution in [0.25, 0.3) is 0 Å². The van der Waals surface area contributed by atoms with Gasteiger partial charge in [0, 0.05) is 28.8 Å². The molecule has 1 nitrogen and oxygen atoms in total. The van der Waals surface area contributed by atoms with E-state index in [1.807, 2.05) is 0 Å². The highest BCUT2D eigenvalue weighted by molar-refractivity contribution is 7.73. The summed E-state index contributed by atoms with van der Waals surface area (Å²) in [5.41, 5.74) is -0.611. The smallest absolute Gasteiger partial charge is 0.134 e. The third-order valence-corrected chi connectivity index (χ3v) is 7.34. The highest BCUT2D eigenvalue weighted by Crippen LogP contribution is 2.49. The first-order valence-corrected chi connectivity index (χ1v) is 9.19. The molecular weight excluding hydrogens is 339 g/mol. The topological polar surface area (TPSA) is 20.2 Å². The summed E-state index contributed by atoms with van der Waals surface area (Å²) in [7, 11) is -1.61. The first-order chi connectivity index (χ1) is 11.5. The molecule has 0 heterocycles. The molecule has 2 aromatic carbocycles. The first kappa shape index (κ1) is 17.2. The average molecular weight is 356 g/mol. The van der Waals surface area contributed by atoms with Gasteiger partial charge in [0.05, 0.1) is 0 Å². The summed E-state index contributed by atoms with van der Waals surface area (Å²) < 4.78 is 55.7. The van der Waals surface area contributed by atoms with Crippen LogP contribution in [0.3, 0.4) is 0 Å². The van der Waals surface area contributed by atoms with E-state index < -0.39 is 37.6 Å². The van der Waals surface area contributed by atoms with E-state index in [-0.39, 0.29) is 30.3 Å². The lowest BCUT2D eigenvalue weighted by Crippen LogP contribution is -2.36. The maximum atomic E-state index is 14.6. The first-order valence-electron chi connectivity index (χ1n) is 7.78. The zero-order chi connectivity index (χ0) is 17.3. The third kappa shape index (κ3) is 3.41. The van der Waals surface area contributed by atoms with Crippen LogP contribution in [-0.2, 0) is 0 Å². The number of para-hydroxylation sites is 1. The van der Waals surface area contributed by atoms with Crippen molar-refractivity contribution in [2.75, 3.05) is 0 Å². The number of alkyl halides is 2. The number of rotatable bonds is 3. The fourth-order valence-electron chi connectivity index (χ4n) is 3.17. The molecule has 24 heavy (non-hydrogen) atoms. The van der Waals surface area contributed by atoms with E-state index >= 15 is 0 Å². The zero-order valence-corrected chi connectivity index (χ0v) is 13.7. The summed E-state index contributed by atoms with van der Waals surface area (Å²) in [5, 5.41) is 10.8. The molecule has 4 atom stereocenters. The number of aromatic hydroxyl groups is 1. The summed E-state index contributed by atoms with van der Waals surface area (Å²) in [5.74, 6) is -1.53. The van der Waals surface area contributed by atoms with Crippen molar-refractivity contribution in [2.24, 2.45) is 0 Å². The quantitative estimate of drug-likeness (QED) is 0.641. The minimum absolute atomic E-state index is 0.0538. The number of phenols is 1. The van der Waals surface area contributed by atoms with Crippen molar-refractivity contribution in [3.8, 4) is 5.75 Å². The molecule has 0 bridgehead atoms. The zero-order valence-electron chi connectivity index (χ0n) is 12.8. The van der Waals surface area contributed by atoms with Gasteiger partial charge in [-0.3, -0.25) is 0 Å². The van der Waals surface area contributed by atoms with Gasteiger partial charge in [-0.15, -0.1) is 0 Å². The molecule has 0 radical (unpaired) electrons. The molecule has 0 amide bonds. The molecule has 1 aliphatic rings. The Morgan fingerprint density at radius 3 is 2.38 bits per heavy atom. The number of benzene rings is 2. The van der Waals surface area contributed by atoms with Gasteiger partial charge in [-0.1, -0.05) is 18.2 Å². The minimum atomic E-state index is -1.61. The van der Waals surface area contributed by atoms with E-state index in [0.717, 1.165) is 12.1 Å². The average Bonchev–Trinajstić information content (AvgIpc) is 2.52. The molecule has 1 aliphatic carbocycles. The third-order valence-electron chi connectivity index (χ3n) is 4.32. The molecule has 128 valence electrons. The van der Waals surface area contributed by atoms with Gasteiger partial charge in [0.2, 0.25) is 0 Å². The maximum Gasteiger partial charge on any atom is 0.134 e. The second kappa shape index (κ2) is 7.10. The standard InChI is InChI=1S/C18H17F4OP/c19-11-5-7-16(13(21)9-11)24(18-4-2-1-3-15(18)23)17-8-6-12(20)10-14(17)22/h1-5,7,9,12,14,17,23H,6,8,10H2/t12-,14-,17+,24?/m1/s1. The lowest BCUT2D eigenvalue weighted by Gasteiger charge is -2.35. The van der Waals surface area contributed by atoms with E-state index in [1.165, 1.54) is 12.1 Å². The van der Waals surface area contributed by atoms with Crippen LogP contribution in [-0.4, -0.2) is 23.1 Å². The summed E-state index contributed by atoms with van der Waals surface area (Å²) in [4.78, 5) is 0. The Morgan fingerprint density at radius 2 is 1.71 bits per heavy atom. The van der Waals surface area contributed by atoms with Crippen molar-refractivity contribution in [2.45, 2.75) is 37.3 Å². The van der Waals surface area contributed by atoms with Crippen LogP contribution in [0, 0.1) is 11.6 Å². The van der Waals surface area contributed by atoms with Crippen molar-refractivity contribution in [3.05, 3.63) is 54.1 Å². The number of halogens is 4. The number of hydrogen-bond donors (Lipinski definition) is 1. The monoisotopic (exact) mass is 356 g/mol. The summed E-state index contributed by atoms with van der Waals surface area (Å²) in [6.07, 6.45) is -2.38. The van der Waals surface area contributed by atoms with Gasteiger partial charge in [-0.05, 0) is 39.0 Å². The fraction of sp³-hybridized carbons (Fsp3) is 0.333. The Balaban J connectivity index is 2.09. The molecule has 0 aromatic heterocycles. The van der Waals surface area contributed by atoms with Crippen molar-refractivity contribution < 1.29 is 22.7 Å². The molecule has 1 N–H and O–H groups in total. The normalized spacial score (nSPS) is 25.4. The van der Waals surface area contributed by atoms with Crippen molar-refractivity contribution in [1.82, 2.24) is 0 Å². The van der Waals surface area contributed by atoms with Gasteiger partial charge in [-0.2, -0.15) is 0 Å². The van der Waals surface area contributed by atoms with Crippen LogP contribution in [0.2, 0.25) is 0 Å². The minimum Gasteiger partial charge on any atom is -0.507 e. The summed E-state index contributed by atoms with van der Waals surface area (Å²) >= 11 is 0. The van der Waals surface area contributed by atoms with Gasteiger partial charge in [-0.25, -0.2) is 17.6 Å². The Kier molecular flexibility index (Phi) is 5.09. The molecule has 6 heteroatoms. The van der Waals surface area contributed by atoms with E-state index in [4.69, 9.17) is 0 Å². The molecule has 1 unspecified atom stereocenters. The molecule has 3 rings (SSSR count). The van der Waals surface area contributed by atoms with Crippen molar-refractivity contribution in [3.63, 3.8) is 0 Å². The lowest BCUT2D eigenvalue weighted by molar-refractivity contribution is 0.163. The predicted molar refractivity (Wildman–Crippen MR) is 88.1 cm³/mol. The lowest BCUT2D eigenvalue weighted by atomic mass is 9.97. The second-order valence-corrected chi connectivity index (χ2v) is 8.32. The van der Waals surface area contributed by atoms with Gasteiger partial charge < -0.3 is 5.11 Å². The predicted octanol–water partition coefficient (Wildman–Crippen LogP) is 4.33. The van der Waals surface area contributed by atoms with E-state index in [0.29, 0.717) is 5.30 Å².